The number of aromatic nitrogens is 1. The van der Waals surface area contributed by atoms with Crippen molar-refractivity contribution < 1.29 is 19.4 Å². The highest BCUT2D eigenvalue weighted by Crippen LogP contribution is 2.33. The molecule has 34 heavy (non-hydrogen) atoms. The Kier molecular flexibility index (Phi) is 8.39. The number of thiocarbonyl (C=S) groups is 1. The molecule has 1 N–H and O–H groups in total. The molecule has 1 amide bonds. The molecular weight excluding hydrogens is 474 g/mol. The number of hydrogen-bond acceptors (Lipinski definition) is 8. The van der Waals surface area contributed by atoms with Gasteiger partial charge in [0.25, 0.3) is 11.5 Å². The summed E-state index contributed by atoms with van der Waals surface area (Å²) in [5.41, 5.74) is 0.0219. The van der Waals surface area contributed by atoms with Gasteiger partial charge in [-0.1, -0.05) is 54.3 Å². The van der Waals surface area contributed by atoms with Crippen LogP contribution in [0.25, 0.3) is 6.08 Å². The van der Waals surface area contributed by atoms with E-state index in [1.807, 2.05) is 36.4 Å². The monoisotopic (exact) mass is 497 g/mol. The summed E-state index contributed by atoms with van der Waals surface area (Å²) >= 11 is 6.49. The standard InChI is InChI=1S/C24H23N3O5S2/c1-15-17(14-25)21(29)26(10-6-12-32-2)23(31)20(15)18(28)9-11-27-22(30)19(34-24(27)33)13-16-7-4-3-5-8-16/h3-5,7-8,13,31H,6,9-12H2,1-2H3/b19-13-. The first kappa shape index (κ1) is 25.4. The average Bonchev–Trinajstić information content (AvgIpc) is 3.07. The third kappa shape index (κ3) is 5.28. The van der Waals surface area contributed by atoms with Crippen molar-refractivity contribution in [1.29, 1.82) is 5.26 Å². The molecule has 2 heterocycles. The van der Waals surface area contributed by atoms with Gasteiger partial charge >= 0.3 is 0 Å². The average molecular weight is 498 g/mol. The van der Waals surface area contributed by atoms with Crippen molar-refractivity contribution >= 4 is 46.1 Å². The summed E-state index contributed by atoms with van der Waals surface area (Å²) in [7, 11) is 1.51. The Morgan fingerprint density at radius 3 is 2.62 bits per heavy atom. The summed E-state index contributed by atoms with van der Waals surface area (Å²) in [5, 5.41) is 20.2. The number of pyridine rings is 1. The van der Waals surface area contributed by atoms with E-state index in [0.29, 0.717) is 22.3 Å². The smallest absolute Gasteiger partial charge is 0.271 e. The van der Waals surface area contributed by atoms with Crippen LogP contribution in [0.4, 0.5) is 0 Å². The van der Waals surface area contributed by atoms with E-state index in [0.717, 1.165) is 21.9 Å². The lowest BCUT2D eigenvalue weighted by molar-refractivity contribution is -0.122. The number of methoxy groups -OCH3 is 1. The molecule has 0 radical (unpaired) electrons. The molecule has 1 aliphatic rings. The fraction of sp³-hybridized carbons (Fsp3) is 0.292. The Labute approximate surface area is 206 Å². The van der Waals surface area contributed by atoms with Crippen LogP contribution in [0, 0.1) is 18.3 Å². The van der Waals surface area contributed by atoms with Gasteiger partial charge in [0.15, 0.2) is 5.78 Å². The fourth-order valence-electron chi connectivity index (χ4n) is 3.59. The molecular formula is C24H23N3O5S2. The van der Waals surface area contributed by atoms with Crippen molar-refractivity contribution in [2.24, 2.45) is 0 Å². The maximum atomic E-state index is 13.1. The van der Waals surface area contributed by atoms with Crippen molar-refractivity contribution in [3.63, 3.8) is 0 Å². The molecule has 176 valence electrons. The van der Waals surface area contributed by atoms with E-state index in [4.69, 9.17) is 17.0 Å². The van der Waals surface area contributed by atoms with Gasteiger partial charge in [-0.25, -0.2) is 0 Å². The van der Waals surface area contributed by atoms with Crippen molar-refractivity contribution in [1.82, 2.24) is 9.47 Å². The molecule has 1 aliphatic heterocycles. The minimum Gasteiger partial charge on any atom is -0.494 e. The van der Waals surface area contributed by atoms with Crippen LogP contribution in [0.3, 0.4) is 0 Å². The summed E-state index contributed by atoms with van der Waals surface area (Å²) in [6.45, 7) is 1.90. The van der Waals surface area contributed by atoms with Crippen molar-refractivity contribution in [2.45, 2.75) is 26.3 Å². The topological polar surface area (TPSA) is 113 Å². The quantitative estimate of drug-likeness (QED) is 0.243. The Morgan fingerprint density at radius 2 is 1.97 bits per heavy atom. The molecule has 0 spiro atoms. The summed E-state index contributed by atoms with van der Waals surface area (Å²) in [5.74, 6) is -1.28. The number of nitrogens with zero attached hydrogens (tertiary/aromatic N) is 3. The van der Waals surface area contributed by atoms with Crippen LogP contribution in [-0.2, 0) is 16.1 Å². The summed E-state index contributed by atoms with van der Waals surface area (Å²) < 4.78 is 6.33. The third-order valence-corrected chi connectivity index (χ3v) is 6.72. The molecule has 1 aromatic carbocycles. The third-order valence-electron chi connectivity index (χ3n) is 5.34. The molecule has 10 heteroatoms. The number of nitriles is 1. The van der Waals surface area contributed by atoms with Gasteiger partial charge in [0.05, 0.1) is 10.5 Å². The van der Waals surface area contributed by atoms with E-state index in [9.17, 15) is 24.8 Å². The first-order valence-corrected chi connectivity index (χ1v) is 11.7. The zero-order chi connectivity index (χ0) is 24.8. The van der Waals surface area contributed by atoms with Gasteiger partial charge in [-0.3, -0.25) is 23.9 Å². The van der Waals surface area contributed by atoms with E-state index in [2.05, 4.69) is 0 Å². The number of carbonyl (C=O) groups is 2. The van der Waals surface area contributed by atoms with E-state index < -0.39 is 17.2 Å². The van der Waals surface area contributed by atoms with E-state index in [-0.39, 0.29) is 42.1 Å². The van der Waals surface area contributed by atoms with E-state index in [1.54, 1.807) is 6.08 Å². The van der Waals surface area contributed by atoms with Crippen LogP contribution in [0.2, 0.25) is 0 Å². The van der Waals surface area contributed by atoms with E-state index in [1.165, 1.54) is 18.9 Å². The molecule has 2 aromatic rings. The number of benzene rings is 1. The molecule has 0 aliphatic carbocycles. The number of rotatable bonds is 9. The fourth-order valence-corrected chi connectivity index (χ4v) is 4.90. The van der Waals surface area contributed by atoms with Crippen LogP contribution < -0.4 is 5.56 Å². The molecule has 3 rings (SSSR count). The highest BCUT2D eigenvalue weighted by atomic mass is 32.2. The van der Waals surface area contributed by atoms with Crippen LogP contribution in [0.5, 0.6) is 5.88 Å². The maximum Gasteiger partial charge on any atom is 0.271 e. The number of Topliss-reactive ketones (excluding diaryl/α,β-unsaturated/α-hetero) is 1. The normalized spacial score (nSPS) is 14.6. The number of ketones is 1. The lowest BCUT2D eigenvalue weighted by atomic mass is 9.99. The predicted molar refractivity (Wildman–Crippen MR) is 134 cm³/mol. The first-order valence-electron chi connectivity index (χ1n) is 10.5. The number of thioether (sulfide) groups is 1. The largest absolute Gasteiger partial charge is 0.494 e. The second-order valence-electron chi connectivity index (χ2n) is 7.53. The van der Waals surface area contributed by atoms with Gasteiger partial charge in [-0.15, -0.1) is 0 Å². The van der Waals surface area contributed by atoms with Gasteiger partial charge in [-0.05, 0) is 30.5 Å². The molecule has 1 fully saturated rings. The van der Waals surface area contributed by atoms with Crippen molar-refractivity contribution in [2.75, 3.05) is 20.3 Å². The first-order chi connectivity index (χ1) is 16.3. The lowest BCUT2D eigenvalue weighted by Crippen LogP contribution is -2.31. The second kappa shape index (κ2) is 11.2. The Morgan fingerprint density at radius 1 is 1.26 bits per heavy atom. The second-order valence-corrected chi connectivity index (χ2v) is 9.21. The summed E-state index contributed by atoms with van der Waals surface area (Å²) in [6.07, 6.45) is 2.02. The highest BCUT2D eigenvalue weighted by Gasteiger charge is 2.33. The highest BCUT2D eigenvalue weighted by molar-refractivity contribution is 8.26. The zero-order valence-electron chi connectivity index (χ0n) is 18.7. The molecule has 0 unspecified atom stereocenters. The molecule has 0 bridgehead atoms. The van der Waals surface area contributed by atoms with Crippen LogP contribution in [-0.4, -0.2) is 50.8 Å². The van der Waals surface area contributed by atoms with Crippen LogP contribution >= 0.6 is 24.0 Å². The molecule has 1 aromatic heterocycles. The minimum absolute atomic E-state index is 0.0131. The number of ether oxygens (including phenoxy) is 1. The lowest BCUT2D eigenvalue weighted by Gasteiger charge is -2.17. The predicted octanol–water partition coefficient (Wildman–Crippen LogP) is 3.24. The van der Waals surface area contributed by atoms with Gasteiger partial charge in [0.2, 0.25) is 5.88 Å². The number of hydrogen-bond donors (Lipinski definition) is 1. The van der Waals surface area contributed by atoms with Crippen LogP contribution in [0.15, 0.2) is 40.0 Å². The van der Waals surface area contributed by atoms with Crippen LogP contribution in [0.1, 0.15) is 39.9 Å². The van der Waals surface area contributed by atoms with Gasteiger partial charge in [0.1, 0.15) is 16.0 Å². The summed E-state index contributed by atoms with van der Waals surface area (Å²) in [4.78, 5) is 40.3. The van der Waals surface area contributed by atoms with Gasteiger partial charge in [0, 0.05) is 33.2 Å². The Bertz CT molecular complexity index is 1260. The minimum atomic E-state index is -0.659. The number of amides is 1. The molecule has 0 atom stereocenters. The molecule has 8 nitrogen and oxygen atoms in total. The zero-order valence-corrected chi connectivity index (χ0v) is 20.4. The Balaban J connectivity index is 1.82. The number of aromatic hydroxyl groups is 1. The van der Waals surface area contributed by atoms with Crippen molar-refractivity contribution in [3.8, 4) is 11.9 Å². The maximum absolute atomic E-state index is 13.1. The number of carbonyl (C=O) groups excluding carboxylic acids is 2. The SMILES string of the molecule is COCCCn1c(O)c(C(=O)CCN2C(=O)/C(=C/c3ccccc3)SC2=S)c(C)c(C#N)c1=O. The molecule has 0 saturated carbocycles. The Hall–Kier alpha value is -3.26. The van der Waals surface area contributed by atoms with E-state index >= 15 is 0 Å². The van der Waals surface area contributed by atoms with Crippen molar-refractivity contribution in [3.05, 3.63) is 67.8 Å². The van der Waals surface area contributed by atoms with Gasteiger partial charge in [-0.2, -0.15) is 5.26 Å². The summed E-state index contributed by atoms with van der Waals surface area (Å²) in [6, 6.07) is 11.2. The van der Waals surface area contributed by atoms with Gasteiger partial charge < -0.3 is 9.84 Å². The molecule has 1 saturated heterocycles.